The molecule has 104 valence electrons. The van der Waals surface area contributed by atoms with Gasteiger partial charge in [-0.1, -0.05) is 19.4 Å². The Hall–Kier alpha value is -1.95. The van der Waals surface area contributed by atoms with Crippen molar-refractivity contribution in [2.75, 3.05) is 11.9 Å². The number of benzene rings is 1. The summed E-state index contributed by atoms with van der Waals surface area (Å²) in [6.45, 7) is 2.29. The normalized spacial score (nSPS) is 11.9. The summed E-state index contributed by atoms with van der Waals surface area (Å²) in [7, 11) is 0. The van der Waals surface area contributed by atoms with Crippen molar-refractivity contribution in [3.63, 3.8) is 0 Å². The SMILES string of the molecule is CCC(CN)CC(=O)Nc1cccc(F)c1C(=O)O. The molecule has 0 saturated heterocycles. The van der Waals surface area contributed by atoms with Crippen molar-refractivity contribution in [2.24, 2.45) is 11.7 Å². The average molecular weight is 268 g/mol. The topological polar surface area (TPSA) is 92.4 Å². The van der Waals surface area contributed by atoms with Gasteiger partial charge >= 0.3 is 5.97 Å². The first kappa shape index (κ1) is 15.1. The molecule has 0 radical (unpaired) electrons. The number of nitrogens with two attached hydrogens (primary N) is 1. The predicted octanol–water partition coefficient (Wildman–Crippen LogP) is 1.84. The lowest BCUT2D eigenvalue weighted by molar-refractivity contribution is -0.117. The van der Waals surface area contributed by atoms with Crippen LogP contribution in [0.5, 0.6) is 0 Å². The number of hydrogen-bond donors (Lipinski definition) is 3. The van der Waals surface area contributed by atoms with Crippen LogP contribution in [0.15, 0.2) is 18.2 Å². The molecule has 0 aromatic heterocycles. The molecule has 1 unspecified atom stereocenters. The van der Waals surface area contributed by atoms with E-state index in [1.165, 1.54) is 12.1 Å². The summed E-state index contributed by atoms with van der Waals surface area (Å²) in [5.41, 5.74) is 4.92. The van der Waals surface area contributed by atoms with Crippen molar-refractivity contribution in [3.05, 3.63) is 29.6 Å². The van der Waals surface area contributed by atoms with Gasteiger partial charge in [-0.25, -0.2) is 9.18 Å². The number of halogens is 1. The van der Waals surface area contributed by atoms with Gasteiger partial charge in [-0.3, -0.25) is 4.79 Å². The molecule has 1 aromatic rings. The molecular formula is C13H17FN2O3. The molecule has 0 aliphatic heterocycles. The van der Waals surface area contributed by atoms with E-state index in [9.17, 15) is 14.0 Å². The maximum absolute atomic E-state index is 13.4. The van der Waals surface area contributed by atoms with E-state index in [-0.39, 0.29) is 23.9 Å². The molecule has 4 N–H and O–H groups in total. The number of carbonyl (C=O) groups excluding carboxylic acids is 1. The monoisotopic (exact) mass is 268 g/mol. The average Bonchev–Trinajstić information content (AvgIpc) is 2.35. The first-order valence-electron chi connectivity index (χ1n) is 6.01. The van der Waals surface area contributed by atoms with Crippen LogP contribution in [0.25, 0.3) is 0 Å². The fourth-order valence-electron chi connectivity index (χ4n) is 1.70. The van der Waals surface area contributed by atoms with Gasteiger partial charge in [0, 0.05) is 6.42 Å². The number of anilines is 1. The molecule has 0 aliphatic rings. The van der Waals surface area contributed by atoms with Crippen LogP contribution in [0.4, 0.5) is 10.1 Å². The molecule has 0 fully saturated rings. The van der Waals surface area contributed by atoms with Crippen LogP contribution in [0.3, 0.4) is 0 Å². The fourth-order valence-corrected chi connectivity index (χ4v) is 1.70. The number of amides is 1. The molecule has 0 saturated carbocycles. The summed E-state index contributed by atoms with van der Waals surface area (Å²) in [4.78, 5) is 22.7. The van der Waals surface area contributed by atoms with E-state index >= 15 is 0 Å². The highest BCUT2D eigenvalue weighted by Crippen LogP contribution is 2.20. The zero-order valence-electron chi connectivity index (χ0n) is 10.6. The standard InChI is InChI=1S/C13H17FN2O3/c1-2-8(7-15)6-11(17)16-10-5-3-4-9(14)12(10)13(18)19/h3-5,8H,2,6-7,15H2,1H3,(H,16,17)(H,18,19). The van der Waals surface area contributed by atoms with Gasteiger partial charge in [0.25, 0.3) is 0 Å². The van der Waals surface area contributed by atoms with Gasteiger partial charge < -0.3 is 16.2 Å². The number of hydrogen-bond acceptors (Lipinski definition) is 3. The summed E-state index contributed by atoms with van der Waals surface area (Å²) in [5.74, 6) is -2.64. The van der Waals surface area contributed by atoms with Gasteiger partial charge in [0.1, 0.15) is 11.4 Å². The van der Waals surface area contributed by atoms with Crippen molar-refractivity contribution in [1.29, 1.82) is 0 Å². The second kappa shape index (κ2) is 6.84. The highest BCUT2D eigenvalue weighted by molar-refractivity contribution is 6.00. The minimum Gasteiger partial charge on any atom is -0.478 e. The second-order valence-electron chi connectivity index (χ2n) is 4.23. The van der Waals surface area contributed by atoms with Crippen LogP contribution in [0.1, 0.15) is 30.1 Å². The third-order valence-corrected chi connectivity index (χ3v) is 2.89. The molecule has 0 bridgehead atoms. The number of nitrogens with one attached hydrogen (secondary N) is 1. The molecule has 6 heteroatoms. The Morgan fingerprint density at radius 1 is 1.47 bits per heavy atom. The van der Waals surface area contributed by atoms with Gasteiger partial charge in [-0.15, -0.1) is 0 Å². The van der Waals surface area contributed by atoms with Crippen molar-refractivity contribution in [1.82, 2.24) is 0 Å². The van der Waals surface area contributed by atoms with Gasteiger partial charge in [0.2, 0.25) is 5.91 Å². The number of aromatic carboxylic acids is 1. The van der Waals surface area contributed by atoms with Gasteiger partial charge in [-0.2, -0.15) is 0 Å². The third kappa shape index (κ3) is 4.03. The van der Waals surface area contributed by atoms with Crippen LogP contribution in [-0.2, 0) is 4.79 Å². The van der Waals surface area contributed by atoms with Gasteiger partial charge in [0.15, 0.2) is 0 Å². The summed E-state index contributed by atoms with van der Waals surface area (Å²) in [6.07, 6.45) is 0.932. The highest BCUT2D eigenvalue weighted by Gasteiger charge is 2.18. The largest absolute Gasteiger partial charge is 0.478 e. The predicted molar refractivity (Wildman–Crippen MR) is 69.4 cm³/mol. The van der Waals surface area contributed by atoms with Crippen molar-refractivity contribution in [3.8, 4) is 0 Å². The van der Waals surface area contributed by atoms with E-state index in [0.29, 0.717) is 6.54 Å². The molecule has 1 aromatic carbocycles. The maximum Gasteiger partial charge on any atom is 0.340 e. The van der Waals surface area contributed by atoms with Crippen LogP contribution in [0, 0.1) is 11.7 Å². The fraction of sp³-hybridized carbons (Fsp3) is 0.385. The molecule has 19 heavy (non-hydrogen) atoms. The van der Waals surface area contributed by atoms with Gasteiger partial charge in [0.05, 0.1) is 5.69 Å². The molecule has 0 aliphatic carbocycles. The summed E-state index contributed by atoms with van der Waals surface area (Å²) < 4.78 is 13.4. The van der Waals surface area contributed by atoms with E-state index in [0.717, 1.165) is 12.5 Å². The smallest absolute Gasteiger partial charge is 0.340 e. The molecule has 1 rings (SSSR count). The number of rotatable bonds is 6. The number of carboxylic acid groups (broad SMARTS) is 1. The minimum absolute atomic E-state index is 0.0295. The van der Waals surface area contributed by atoms with Crippen LogP contribution >= 0.6 is 0 Å². The highest BCUT2D eigenvalue weighted by atomic mass is 19.1. The summed E-state index contributed by atoms with van der Waals surface area (Å²) >= 11 is 0. The lowest BCUT2D eigenvalue weighted by Gasteiger charge is -2.13. The van der Waals surface area contributed by atoms with Crippen LogP contribution < -0.4 is 11.1 Å². The van der Waals surface area contributed by atoms with Gasteiger partial charge in [-0.05, 0) is 24.6 Å². The van der Waals surface area contributed by atoms with E-state index in [1.807, 2.05) is 6.92 Å². The second-order valence-corrected chi connectivity index (χ2v) is 4.23. The first-order chi connectivity index (χ1) is 8.99. The maximum atomic E-state index is 13.4. The quantitative estimate of drug-likeness (QED) is 0.734. The first-order valence-corrected chi connectivity index (χ1v) is 6.01. The van der Waals surface area contributed by atoms with E-state index in [4.69, 9.17) is 10.8 Å². The van der Waals surface area contributed by atoms with Crippen LogP contribution in [0.2, 0.25) is 0 Å². The summed E-state index contributed by atoms with van der Waals surface area (Å²) in [6, 6.07) is 3.74. The van der Waals surface area contributed by atoms with Crippen molar-refractivity contribution >= 4 is 17.6 Å². The lowest BCUT2D eigenvalue weighted by atomic mass is 10.0. The Bertz CT molecular complexity index is 473. The Balaban J connectivity index is 2.85. The third-order valence-electron chi connectivity index (χ3n) is 2.89. The zero-order chi connectivity index (χ0) is 14.4. The lowest BCUT2D eigenvalue weighted by Crippen LogP contribution is -2.22. The number of carbonyl (C=O) groups is 2. The van der Waals surface area contributed by atoms with Crippen LogP contribution in [-0.4, -0.2) is 23.5 Å². The summed E-state index contributed by atoms with van der Waals surface area (Å²) in [5, 5.41) is 11.3. The Kier molecular flexibility index (Phi) is 5.44. The molecule has 1 amide bonds. The Morgan fingerprint density at radius 3 is 2.68 bits per heavy atom. The minimum atomic E-state index is -1.42. The zero-order valence-corrected chi connectivity index (χ0v) is 10.6. The molecule has 0 spiro atoms. The molecular weight excluding hydrogens is 251 g/mol. The van der Waals surface area contributed by atoms with E-state index in [2.05, 4.69) is 5.32 Å². The molecule has 5 nitrogen and oxygen atoms in total. The number of carboxylic acids is 1. The Labute approximate surface area is 110 Å². The molecule has 1 atom stereocenters. The van der Waals surface area contributed by atoms with Crippen molar-refractivity contribution in [2.45, 2.75) is 19.8 Å². The van der Waals surface area contributed by atoms with Crippen molar-refractivity contribution < 1.29 is 19.1 Å². The van der Waals surface area contributed by atoms with E-state index < -0.39 is 17.3 Å². The Morgan fingerprint density at radius 2 is 2.16 bits per heavy atom. The van der Waals surface area contributed by atoms with E-state index in [1.54, 1.807) is 0 Å². The molecule has 0 heterocycles.